The summed E-state index contributed by atoms with van der Waals surface area (Å²) in [5, 5.41) is 0. The van der Waals surface area contributed by atoms with Gasteiger partial charge in [0.15, 0.2) is 0 Å². The van der Waals surface area contributed by atoms with Gasteiger partial charge in [-0.05, 0) is 31.2 Å². The molecule has 22 heavy (non-hydrogen) atoms. The molecule has 3 rings (SSSR count). The van der Waals surface area contributed by atoms with Crippen LogP contribution in [0, 0.1) is 6.92 Å². The van der Waals surface area contributed by atoms with Gasteiger partial charge in [-0.1, -0.05) is 18.2 Å². The predicted molar refractivity (Wildman–Crippen MR) is 89.9 cm³/mol. The Balaban J connectivity index is 1.99. The zero-order valence-electron chi connectivity index (χ0n) is 12.6. The van der Waals surface area contributed by atoms with Crippen molar-refractivity contribution in [1.82, 2.24) is 9.97 Å². The Labute approximate surface area is 134 Å². The van der Waals surface area contributed by atoms with E-state index >= 15 is 0 Å². The van der Waals surface area contributed by atoms with Crippen LogP contribution in [0.4, 0.5) is 11.5 Å². The predicted octanol–water partition coefficient (Wildman–Crippen LogP) is 4.19. The van der Waals surface area contributed by atoms with Crippen molar-refractivity contribution in [2.45, 2.75) is 13.5 Å². The van der Waals surface area contributed by atoms with Gasteiger partial charge in [-0.2, -0.15) is 0 Å². The van der Waals surface area contributed by atoms with Crippen LogP contribution in [0.25, 0.3) is 0 Å². The van der Waals surface area contributed by atoms with E-state index in [1.54, 1.807) is 18.4 Å². The molecule has 0 aliphatic carbocycles. The van der Waals surface area contributed by atoms with Gasteiger partial charge in [0, 0.05) is 16.8 Å². The summed E-state index contributed by atoms with van der Waals surface area (Å²) < 4.78 is 5.30. The smallest absolute Gasteiger partial charge is 0.140 e. The van der Waals surface area contributed by atoms with E-state index in [-0.39, 0.29) is 0 Å². The number of para-hydroxylation sites is 1. The van der Waals surface area contributed by atoms with Crippen molar-refractivity contribution in [3.8, 4) is 5.75 Å². The number of ether oxygens (including phenoxy) is 1. The molecule has 0 saturated heterocycles. The van der Waals surface area contributed by atoms with Crippen molar-refractivity contribution in [3.05, 3.63) is 64.7 Å². The molecule has 0 fully saturated rings. The fourth-order valence-electron chi connectivity index (χ4n) is 2.29. The van der Waals surface area contributed by atoms with Gasteiger partial charge < -0.3 is 9.64 Å². The standard InChI is InChI=1S/C17H17N3OS/c1-13-16(21-2)8-9-17(19-13)20(11-15-10-18-12-22-15)14-6-4-3-5-7-14/h3-10,12H,11H2,1-2H3. The summed E-state index contributed by atoms with van der Waals surface area (Å²) in [7, 11) is 1.66. The van der Waals surface area contributed by atoms with Gasteiger partial charge in [0.25, 0.3) is 0 Å². The second kappa shape index (κ2) is 6.58. The Bertz CT molecular complexity index is 729. The molecule has 112 valence electrons. The highest BCUT2D eigenvalue weighted by molar-refractivity contribution is 7.09. The van der Waals surface area contributed by atoms with Crippen LogP contribution < -0.4 is 9.64 Å². The highest BCUT2D eigenvalue weighted by Crippen LogP contribution is 2.29. The number of thiazole rings is 1. The molecule has 0 saturated carbocycles. The van der Waals surface area contributed by atoms with Crippen LogP contribution in [0.5, 0.6) is 5.75 Å². The van der Waals surface area contributed by atoms with Crippen LogP contribution in [0.15, 0.2) is 54.2 Å². The van der Waals surface area contributed by atoms with Crippen molar-refractivity contribution in [1.29, 1.82) is 0 Å². The van der Waals surface area contributed by atoms with Crippen molar-refractivity contribution in [2.75, 3.05) is 12.0 Å². The SMILES string of the molecule is COc1ccc(N(Cc2cncs2)c2ccccc2)nc1C. The Morgan fingerprint density at radius 2 is 1.95 bits per heavy atom. The Kier molecular flexibility index (Phi) is 4.34. The molecule has 0 bridgehead atoms. The van der Waals surface area contributed by atoms with E-state index in [4.69, 9.17) is 4.74 Å². The Morgan fingerprint density at radius 1 is 1.14 bits per heavy atom. The number of anilines is 2. The first-order valence-electron chi connectivity index (χ1n) is 6.99. The molecule has 5 heteroatoms. The third-order valence-electron chi connectivity index (χ3n) is 3.38. The summed E-state index contributed by atoms with van der Waals surface area (Å²) in [6, 6.07) is 14.2. The first kappa shape index (κ1) is 14.5. The molecule has 0 aliphatic heterocycles. The minimum absolute atomic E-state index is 0.744. The summed E-state index contributed by atoms with van der Waals surface area (Å²) in [5.74, 6) is 1.70. The minimum atomic E-state index is 0.744. The van der Waals surface area contributed by atoms with E-state index in [1.807, 2.05) is 49.0 Å². The van der Waals surface area contributed by atoms with Crippen LogP contribution in [-0.4, -0.2) is 17.1 Å². The second-order valence-electron chi connectivity index (χ2n) is 4.85. The molecular weight excluding hydrogens is 294 g/mol. The normalized spacial score (nSPS) is 10.5. The number of rotatable bonds is 5. The van der Waals surface area contributed by atoms with Gasteiger partial charge in [-0.15, -0.1) is 11.3 Å². The minimum Gasteiger partial charge on any atom is -0.495 e. The van der Waals surface area contributed by atoms with E-state index in [0.717, 1.165) is 29.5 Å². The molecular formula is C17H17N3OS. The number of hydrogen-bond donors (Lipinski definition) is 0. The third kappa shape index (κ3) is 3.09. The van der Waals surface area contributed by atoms with Gasteiger partial charge in [0.05, 0.1) is 24.9 Å². The Morgan fingerprint density at radius 3 is 2.59 bits per heavy atom. The lowest BCUT2D eigenvalue weighted by atomic mass is 10.2. The first-order chi connectivity index (χ1) is 10.8. The van der Waals surface area contributed by atoms with E-state index in [9.17, 15) is 0 Å². The lowest BCUT2D eigenvalue weighted by molar-refractivity contribution is 0.409. The van der Waals surface area contributed by atoms with Gasteiger partial charge in [-0.3, -0.25) is 4.98 Å². The van der Waals surface area contributed by atoms with Gasteiger partial charge in [0.2, 0.25) is 0 Å². The van der Waals surface area contributed by atoms with Crippen molar-refractivity contribution >= 4 is 22.8 Å². The number of hydrogen-bond acceptors (Lipinski definition) is 5. The van der Waals surface area contributed by atoms with Crippen LogP contribution in [0.1, 0.15) is 10.6 Å². The van der Waals surface area contributed by atoms with E-state index < -0.39 is 0 Å². The third-order valence-corrected chi connectivity index (χ3v) is 4.15. The molecule has 4 nitrogen and oxygen atoms in total. The maximum absolute atomic E-state index is 5.30. The van der Waals surface area contributed by atoms with Gasteiger partial charge in [0.1, 0.15) is 11.6 Å². The fourth-order valence-corrected chi connectivity index (χ4v) is 2.87. The summed E-state index contributed by atoms with van der Waals surface area (Å²) in [4.78, 5) is 12.2. The fraction of sp³-hybridized carbons (Fsp3) is 0.176. The molecule has 0 atom stereocenters. The molecule has 2 aromatic heterocycles. The van der Waals surface area contributed by atoms with Crippen LogP contribution in [0.3, 0.4) is 0 Å². The maximum atomic E-state index is 5.30. The number of nitrogens with zero attached hydrogens (tertiary/aromatic N) is 3. The number of aryl methyl sites for hydroxylation is 1. The Hall–Kier alpha value is -2.40. The molecule has 0 N–H and O–H groups in total. The number of aromatic nitrogens is 2. The molecule has 2 heterocycles. The topological polar surface area (TPSA) is 38.2 Å². The lowest BCUT2D eigenvalue weighted by Gasteiger charge is -2.24. The van der Waals surface area contributed by atoms with Gasteiger partial charge >= 0.3 is 0 Å². The highest BCUT2D eigenvalue weighted by atomic mass is 32.1. The zero-order valence-corrected chi connectivity index (χ0v) is 13.4. The van der Waals surface area contributed by atoms with Crippen LogP contribution >= 0.6 is 11.3 Å². The average Bonchev–Trinajstić information content (AvgIpc) is 3.06. The largest absolute Gasteiger partial charge is 0.495 e. The molecule has 0 spiro atoms. The number of pyridine rings is 1. The average molecular weight is 311 g/mol. The highest BCUT2D eigenvalue weighted by Gasteiger charge is 2.13. The molecule has 3 aromatic rings. The molecule has 0 radical (unpaired) electrons. The first-order valence-corrected chi connectivity index (χ1v) is 7.87. The van der Waals surface area contributed by atoms with E-state index in [1.165, 1.54) is 4.88 Å². The summed E-state index contributed by atoms with van der Waals surface area (Å²) in [6.45, 7) is 2.70. The summed E-state index contributed by atoms with van der Waals surface area (Å²) in [5.41, 5.74) is 3.84. The molecule has 0 amide bonds. The van der Waals surface area contributed by atoms with Crippen molar-refractivity contribution in [2.24, 2.45) is 0 Å². The lowest BCUT2D eigenvalue weighted by Crippen LogP contribution is -2.17. The molecule has 0 unspecified atom stereocenters. The zero-order chi connectivity index (χ0) is 15.4. The van der Waals surface area contributed by atoms with Crippen LogP contribution in [0.2, 0.25) is 0 Å². The van der Waals surface area contributed by atoms with Crippen molar-refractivity contribution < 1.29 is 4.74 Å². The second-order valence-corrected chi connectivity index (χ2v) is 5.82. The number of benzene rings is 1. The summed E-state index contributed by atoms with van der Waals surface area (Å²) >= 11 is 1.65. The van der Waals surface area contributed by atoms with Gasteiger partial charge in [-0.25, -0.2) is 4.98 Å². The van der Waals surface area contributed by atoms with E-state index in [2.05, 4.69) is 27.0 Å². The van der Waals surface area contributed by atoms with E-state index in [0.29, 0.717) is 0 Å². The molecule has 1 aromatic carbocycles. The van der Waals surface area contributed by atoms with Crippen molar-refractivity contribution in [3.63, 3.8) is 0 Å². The maximum Gasteiger partial charge on any atom is 0.140 e. The quantitative estimate of drug-likeness (QED) is 0.708. The summed E-state index contributed by atoms with van der Waals surface area (Å²) in [6.07, 6.45) is 1.90. The number of methoxy groups -OCH3 is 1. The van der Waals surface area contributed by atoms with Crippen LogP contribution in [-0.2, 0) is 6.54 Å². The molecule has 0 aliphatic rings. The monoisotopic (exact) mass is 311 g/mol.